The molecular formula is C14H12Cl2FN. The lowest BCUT2D eigenvalue weighted by Gasteiger charge is -2.14. The van der Waals surface area contributed by atoms with Gasteiger partial charge < -0.3 is 5.73 Å². The highest BCUT2D eigenvalue weighted by Gasteiger charge is 2.13. The molecule has 4 heteroatoms. The van der Waals surface area contributed by atoms with Gasteiger partial charge in [0.05, 0.1) is 0 Å². The Morgan fingerprint density at radius 2 is 1.78 bits per heavy atom. The predicted molar refractivity (Wildman–Crippen MR) is 73.5 cm³/mol. The van der Waals surface area contributed by atoms with Crippen LogP contribution in [0.2, 0.25) is 10.0 Å². The molecule has 1 nitrogen and oxygen atoms in total. The van der Waals surface area contributed by atoms with Crippen LogP contribution in [0.5, 0.6) is 0 Å². The van der Waals surface area contributed by atoms with Gasteiger partial charge in [-0.1, -0.05) is 47.5 Å². The van der Waals surface area contributed by atoms with E-state index in [4.69, 9.17) is 28.9 Å². The largest absolute Gasteiger partial charge is 0.324 e. The zero-order valence-corrected chi connectivity index (χ0v) is 11.0. The van der Waals surface area contributed by atoms with E-state index in [1.54, 1.807) is 6.07 Å². The fraction of sp³-hybridized carbons (Fsp3) is 0.143. The van der Waals surface area contributed by atoms with Crippen molar-refractivity contribution in [1.82, 2.24) is 0 Å². The number of hydrogen-bond acceptors (Lipinski definition) is 1. The smallest absolute Gasteiger partial charge is 0.124 e. The Morgan fingerprint density at radius 3 is 2.44 bits per heavy atom. The standard InChI is InChI=1S/C14H12Cl2FN/c15-12-4-2-1-3-9(12)7-14(18)11-6-5-10(17)8-13(11)16/h1-6,8,14H,7,18H2. The van der Waals surface area contributed by atoms with Crippen molar-refractivity contribution >= 4 is 23.2 Å². The van der Waals surface area contributed by atoms with Crippen molar-refractivity contribution < 1.29 is 4.39 Å². The summed E-state index contributed by atoms with van der Waals surface area (Å²) >= 11 is 12.0. The first-order chi connectivity index (χ1) is 8.58. The normalized spacial score (nSPS) is 12.4. The van der Waals surface area contributed by atoms with Crippen LogP contribution >= 0.6 is 23.2 Å². The van der Waals surface area contributed by atoms with E-state index in [9.17, 15) is 4.39 Å². The van der Waals surface area contributed by atoms with Crippen LogP contribution in [0, 0.1) is 5.82 Å². The van der Waals surface area contributed by atoms with Crippen LogP contribution < -0.4 is 5.73 Å². The van der Waals surface area contributed by atoms with E-state index in [1.807, 2.05) is 24.3 Å². The Bertz CT molecular complexity index is 557. The number of benzene rings is 2. The topological polar surface area (TPSA) is 26.0 Å². The van der Waals surface area contributed by atoms with Gasteiger partial charge in [-0.25, -0.2) is 4.39 Å². The second-order valence-electron chi connectivity index (χ2n) is 4.07. The third-order valence-electron chi connectivity index (χ3n) is 2.76. The fourth-order valence-electron chi connectivity index (χ4n) is 1.81. The highest BCUT2D eigenvalue weighted by molar-refractivity contribution is 6.31. The molecule has 1 atom stereocenters. The molecule has 0 aliphatic rings. The zero-order valence-electron chi connectivity index (χ0n) is 9.54. The molecule has 2 aromatic carbocycles. The van der Waals surface area contributed by atoms with Gasteiger partial charge in [0, 0.05) is 16.1 Å². The van der Waals surface area contributed by atoms with Crippen molar-refractivity contribution in [3.63, 3.8) is 0 Å². The highest BCUT2D eigenvalue weighted by atomic mass is 35.5. The maximum Gasteiger partial charge on any atom is 0.124 e. The molecule has 0 aliphatic heterocycles. The Kier molecular flexibility index (Phi) is 4.23. The third-order valence-corrected chi connectivity index (χ3v) is 3.46. The Balaban J connectivity index is 2.22. The monoisotopic (exact) mass is 283 g/mol. The van der Waals surface area contributed by atoms with E-state index in [0.717, 1.165) is 11.1 Å². The number of rotatable bonds is 3. The molecular weight excluding hydrogens is 272 g/mol. The van der Waals surface area contributed by atoms with Crippen LogP contribution in [-0.2, 0) is 6.42 Å². The van der Waals surface area contributed by atoms with E-state index in [-0.39, 0.29) is 11.9 Å². The maximum atomic E-state index is 13.0. The lowest BCUT2D eigenvalue weighted by atomic mass is 9.99. The van der Waals surface area contributed by atoms with Crippen LogP contribution in [0.1, 0.15) is 17.2 Å². The van der Waals surface area contributed by atoms with Gasteiger partial charge in [-0.3, -0.25) is 0 Å². The summed E-state index contributed by atoms with van der Waals surface area (Å²) in [7, 11) is 0. The molecule has 0 aliphatic carbocycles. The van der Waals surface area contributed by atoms with Gasteiger partial charge in [0.25, 0.3) is 0 Å². The first-order valence-electron chi connectivity index (χ1n) is 5.52. The van der Waals surface area contributed by atoms with Crippen molar-refractivity contribution in [2.24, 2.45) is 5.73 Å². The van der Waals surface area contributed by atoms with Gasteiger partial charge >= 0.3 is 0 Å². The lowest BCUT2D eigenvalue weighted by Crippen LogP contribution is -2.14. The van der Waals surface area contributed by atoms with E-state index in [0.29, 0.717) is 16.5 Å². The second kappa shape index (κ2) is 5.70. The summed E-state index contributed by atoms with van der Waals surface area (Å²) in [5.41, 5.74) is 7.75. The number of hydrogen-bond donors (Lipinski definition) is 1. The Labute approximate surface area is 115 Å². The second-order valence-corrected chi connectivity index (χ2v) is 4.88. The van der Waals surface area contributed by atoms with E-state index in [1.165, 1.54) is 12.1 Å². The summed E-state index contributed by atoms with van der Waals surface area (Å²) in [4.78, 5) is 0. The van der Waals surface area contributed by atoms with Crippen LogP contribution in [0.25, 0.3) is 0 Å². The molecule has 2 N–H and O–H groups in total. The zero-order chi connectivity index (χ0) is 13.1. The predicted octanol–water partition coefficient (Wildman–Crippen LogP) is 4.38. The molecule has 0 fully saturated rings. The van der Waals surface area contributed by atoms with Crippen molar-refractivity contribution in [1.29, 1.82) is 0 Å². The SMILES string of the molecule is NC(Cc1ccccc1Cl)c1ccc(F)cc1Cl. The van der Waals surface area contributed by atoms with E-state index >= 15 is 0 Å². The van der Waals surface area contributed by atoms with Gasteiger partial charge in [0.15, 0.2) is 0 Å². The molecule has 18 heavy (non-hydrogen) atoms. The van der Waals surface area contributed by atoms with E-state index < -0.39 is 0 Å². The fourth-order valence-corrected chi connectivity index (χ4v) is 2.33. The van der Waals surface area contributed by atoms with Crippen molar-refractivity contribution in [3.05, 3.63) is 69.5 Å². The minimum absolute atomic E-state index is 0.307. The van der Waals surface area contributed by atoms with Crippen LogP contribution in [-0.4, -0.2) is 0 Å². The van der Waals surface area contributed by atoms with Gasteiger partial charge in [0.2, 0.25) is 0 Å². The third kappa shape index (κ3) is 3.02. The maximum absolute atomic E-state index is 13.0. The molecule has 0 bridgehead atoms. The average molecular weight is 284 g/mol. The molecule has 94 valence electrons. The van der Waals surface area contributed by atoms with Gasteiger partial charge in [-0.15, -0.1) is 0 Å². The summed E-state index contributed by atoms with van der Waals surface area (Å²) < 4.78 is 13.0. The Morgan fingerprint density at radius 1 is 1.06 bits per heavy atom. The summed E-state index contributed by atoms with van der Waals surface area (Å²) in [5, 5.41) is 1.01. The summed E-state index contributed by atoms with van der Waals surface area (Å²) in [6, 6.07) is 11.4. The van der Waals surface area contributed by atoms with E-state index in [2.05, 4.69) is 0 Å². The summed E-state index contributed by atoms with van der Waals surface area (Å²) in [6.07, 6.45) is 0.561. The molecule has 0 heterocycles. The summed E-state index contributed by atoms with van der Waals surface area (Å²) in [6.45, 7) is 0. The molecule has 1 unspecified atom stereocenters. The minimum atomic E-state index is -0.367. The average Bonchev–Trinajstić information content (AvgIpc) is 2.32. The Hall–Kier alpha value is -1.09. The molecule has 0 saturated heterocycles. The van der Waals surface area contributed by atoms with Gasteiger partial charge in [0.1, 0.15) is 5.82 Å². The molecule has 2 rings (SSSR count). The first-order valence-corrected chi connectivity index (χ1v) is 6.27. The number of nitrogens with two attached hydrogens (primary N) is 1. The molecule has 2 aromatic rings. The van der Waals surface area contributed by atoms with Gasteiger partial charge in [-0.2, -0.15) is 0 Å². The quantitative estimate of drug-likeness (QED) is 0.889. The highest BCUT2D eigenvalue weighted by Crippen LogP contribution is 2.27. The van der Waals surface area contributed by atoms with Crippen molar-refractivity contribution in [3.8, 4) is 0 Å². The van der Waals surface area contributed by atoms with Crippen LogP contribution in [0.4, 0.5) is 4.39 Å². The minimum Gasteiger partial charge on any atom is -0.324 e. The molecule has 0 radical (unpaired) electrons. The molecule has 0 spiro atoms. The van der Waals surface area contributed by atoms with Crippen molar-refractivity contribution in [2.75, 3.05) is 0 Å². The van der Waals surface area contributed by atoms with Crippen LogP contribution in [0.3, 0.4) is 0 Å². The van der Waals surface area contributed by atoms with Crippen molar-refractivity contribution in [2.45, 2.75) is 12.5 Å². The van der Waals surface area contributed by atoms with Crippen LogP contribution in [0.15, 0.2) is 42.5 Å². The molecule has 0 aromatic heterocycles. The first kappa shape index (κ1) is 13.3. The molecule has 0 saturated carbocycles. The summed E-state index contributed by atoms with van der Waals surface area (Å²) in [5.74, 6) is -0.367. The molecule has 0 amide bonds. The van der Waals surface area contributed by atoms with Gasteiger partial charge in [-0.05, 0) is 35.7 Å². The lowest BCUT2D eigenvalue weighted by molar-refractivity contribution is 0.624. The number of halogens is 3.